The van der Waals surface area contributed by atoms with Crippen molar-refractivity contribution in [2.24, 2.45) is 17.8 Å². The molecular weight excluding hydrogens is 472 g/mol. The van der Waals surface area contributed by atoms with E-state index in [1.54, 1.807) is 24.3 Å². The molecule has 37 heavy (non-hydrogen) atoms. The van der Waals surface area contributed by atoms with Gasteiger partial charge in [-0.15, -0.1) is 0 Å². The van der Waals surface area contributed by atoms with Gasteiger partial charge in [-0.05, 0) is 35.6 Å². The fraction of sp³-hybridized carbons (Fsp3) is 0.448. The lowest BCUT2D eigenvalue weighted by Crippen LogP contribution is -2.56. The molecule has 0 radical (unpaired) electrons. The highest BCUT2D eigenvalue weighted by Gasteiger charge is 2.68. The Morgan fingerprint density at radius 3 is 2.30 bits per heavy atom. The molecule has 194 valence electrons. The number of carbonyl (C=O) groups excluding carboxylic acids is 3. The maximum atomic E-state index is 13.9. The molecule has 1 saturated carbocycles. The summed E-state index contributed by atoms with van der Waals surface area (Å²) in [6, 6.07) is 15.2. The van der Waals surface area contributed by atoms with Crippen LogP contribution >= 0.6 is 0 Å². The molecule has 2 aliphatic heterocycles. The van der Waals surface area contributed by atoms with Crippen molar-refractivity contribution in [1.29, 1.82) is 0 Å². The summed E-state index contributed by atoms with van der Waals surface area (Å²) in [5.41, 5.74) is 0.282. The number of hydrogen-bond donors (Lipinski definition) is 2. The topological polar surface area (TPSA) is 113 Å². The number of amides is 2. The minimum absolute atomic E-state index is 0.110. The monoisotopic (exact) mass is 504 g/mol. The number of carboxylic acids is 1. The fourth-order valence-corrected chi connectivity index (χ4v) is 6.53. The molecule has 2 aromatic carbocycles. The molecule has 2 saturated heterocycles. The minimum Gasteiger partial charge on any atom is -0.480 e. The number of rotatable bonds is 7. The first kappa shape index (κ1) is 25.1. The molecule has 0 spiro atoms. The first-order valence-corrected chi connectivity index (χ1v) is 12.9. The van der Waals surface area contributed by atoms with Crippen molar-refractivity contribution in [3.63, 3.8) is 0 Å². The highest BCUT2D eigenvalue weighted by Crippen LogP contribution is 2.52. The zero-order valence-corrected chi connectivity index (χ0v) is 20.9. The third kappa shape index (κ3) is 4.44. The van der Waals surface area contributed by atoms with Crippen LogP contribution in [0, 0.1) is 17.8 Å². The quantitative estimate of drug-likeness (QED) is 0.437. The summed E-state index contributed by atoms with van der Waals surface area (Å²) in [5.74, 6) is -4.05. The standard InChI is InChI=1S/C29H32N2O6/c1-37-27(34)21-14-12-20(13-15-21)24-22-23(26(33)31(25(22)32)17-19-10-6-3-7-11-19)29(30-24,28(35)36)16-18-8-4-2-5-9-18/h3,6-7,10-15,18,22-24,30H,2,4-5,8-9,16-17H2,1H3,(H,35,36). The number of methoxy groups -OCH3 is 1. The van der Waals surface area contributed by atoms with Crippen molar-refractivity contribution in [1.82, 2.24) is 10.2 Å². The Labute approximate surface area is 216 Å². The van der Waals surface area contributed by atoms with Crippen molar-refractivity contribution in [2.75, 3.05) is 7.11 Å². The van der Waals surface area contributed by atoms with E-state index in [2.05, 4.69) is 5.32 Å². The van der Waals surface area contributed by atoms with Crippen LogP contribution in [0.4, 0.5) is 0 Å². The Bertz CT molecular complexity index is 1190. The Balaban J connectivity index is 1.54. The van der Waals surface area contributed by atoms with Crippen molar-refractivity contribution < 1.29 is 29.0 Å². The molecule has 1 aliphatic carbocycles. The number of esters is 1. The maximum absolute atomic E-state index is 13.9. The van der Waals surface area contributed by atoms with Crippen molar-refractivity contribution >= 4 is 23.8 Å². The largest absolute Gasteiger partial charge is 0.480 e. The molecule has 2 amide bonds. The van der Waals surface area contributed by atoms with Crippen LogP contribution in [0.25, 0.3) is 0 Å². The van der Waals surface area contributed by atoms with Crippen molar-refractivity contribution in [3.8, 4) is 0 Å². The highest BCUT2D eigenvalue weighted by molar-refractivity contribution is 6.09. The van der Waals surface area contributed by atoms with Crippen LogP contribution in [0.2, 0.25) is 0 Å². The van der Waals surface area contributed by atoms with E-state index >= 15 is 0 Å². The SMILES string of the molecule is COC(=O)c1ccc(C2NC(CC3CCCCC3)(C(=O)O)C3C(=O)N(Cc4ccccc4)C(=O)C23)cc1. The van der Waals surface area contributed by atoms with Gasteiger partial charge in [0.05, 0.1) is 31.1 Å². The van der Waals surface area contributed by atoms with Gasteiger partial charge in [-0.25, -0.2) is 4.79 Å². The van der Waals surface area contributed by atoms with E-state index in [1.807, 2.05) is 30.3 Å². The van der Waals surface area contributed by atoms with Crippen LogP contribution < -0.4 is 5.32 Å². The van der Waals surface area contributed by atoms with Gasteiger partial charge in [-0.3, -0.25) is 24.6 Å². The number of nitrogens with zero attached hydrogens (tertiary/aromatic N) is 1. The summed E-state index contributed by atoms with van der Waals surface area (Å²) in [4.78, 5) is 53.9. The predicted molar refractivity (Wildman–Crippen MR) is 134 cm³/mol. The van der Waals surface area contributed by atoms with Gasteiger partial charge in [0.25, 0.3) is 0 Å². The van der Waals surface area contributed by atoms with Gasteiger partial charge in [0.1, 0.15) is 5.54 Å². The molecule has 2 N–H and O–H groups in total. The van der Waals surface area contributed by atoms with Gasteiger partial charge in [-0.1, -0.05) is 74.6 Å². The number of carbonyl (C=O) groups is 4. The van der Waals surface area contributed by atoms with Gasteiger partial charge in [0, 0.05) is 6.04 Å². The van der Waals surface area contributed by atoms with Gasteiger partial charge >= 0.3 is 11.9 Å². The van der Waals surface area contributed by atoms with Gasteiger partial charge in [0.2, 0.25) is 11.8 Å². The molecule has 2 heterocycles. The summed E-state index contributed by atoms with van der Waals surface area (Å²) in [6.45, 7) is 0.110. The first-order valence-electron chi connectivity index (χ1n) is 12.9. The average molecular weight is 505 g/mol. The van der Waals surface area contributed by atoms with E-state index in [0.717, 1.165) is 37.7 Å². The normalized spacial score (nSPS) is 27.8. The summed E-state index contributed by atoms with van der Waals surface area (Å²) >= 11 is 0. The summed E-state index contributed by atoms with van der Waals surface area (Å²) in [7, 11) is 1.30. The van der Waals surface area contributed by atoms with Gasteiger partial charge in [-0.2, -0.15) is 0 Å². The molecule has 3 fully saturated rings. The smallest absolute Gasteiger partial charge is 0.337 e. The van der Waals surface area contributed by atoms with Crippen LogP contribution in [-0.2, 0) is 25.7 Å². The zero-order valence-electron chi connectivity index (χ0n) is 20.9. The number of imide groups is 1. The molecule has 8 heteroatoms. The Morgan fingerprint density at radius 1 is 1.00 bits per heavy atom. The lowest BCUT2D eigenvalue weighted by Gasteiger charge is -2.35. The second-order valence-corrected chi connectivity index (χ2v) is 10.5. The molecule has 5 rings (SSSR count). The lowest BCUT2D eigenvalue weighted by atomic mass is 9.72. The molecule has 2 aromatic rings. The third-order valence-corrected chi connectivity index (χ3v) is 8.34. The summed E-state index contributed by atoms with van der Waals surface area (Å²) in [5, 5.41) is 13.9. The van der Waals surface area contributed by atoms with Crippen LogP contribution in [-0.4, -0.2) is 46.4 Å². The van der Waals surface area contributed by atoms with E-state index in [4.69, 9.17) is 4.74 Å². The van der Waals surface area contributed by atoms with Crippen molar-refractivity contribution in [2.45, 2.75) is 56.7 Å². The fourth-order valence-electron chi connectivity index (χ4n) is 6.53. The molecule has 4 unspecified atom stereocenters. The molecule has 0 aromatic heterocycles. The zero-order chi connectivity index (χ0) is 26.2. The molecule has 4 atom stereocenters. The Hall–Kier alpha value is -3.52. The molecule has 3 aliphatic rings. The Morgan fingerprint density at radius 2 is 1.68 bits per heavy atom. The molecule has 8 nitrogen and oxygen atoms in total. The number of aliphatic carboxylic acids is 1. The third-order valence-electron chi connectivity index (χ3n) is 8.34. The van der Waals surface area contributed by atoms with E-state index in [9.17, 15) is 24.3 Å². The number of carboxylic acid groups (broad SMARTS) is 1. The second-order valence-electron chi connectivity index (χ2n) is 10.5. The van der Waals surface area contributed by atoms with Gasteiger partial charge in [0.15, 0.2) is 0 Å². The van der Waals surface area contributed by atoms with Crippen LogP contribution in [0.15, 0.2) is 54.6 Å². The van der Waals surface area contributed by atoms with E-state index in [-0.39, 0.29) is 18.4 Å². The van der Waals surface area contributed by atoms with Crippen LogP contribution in [0.3, 0.4) is 0 Å². The number of benzene rings is 2. The molecule has 0 bridgehead atoms. The van der Waals surface area contributed by atoms with E-state index in [1.165, 1.54) is 12.0 Å². The first-order chi connectivity index (χ1) is 17.9. The van der Waals surface area contributed by atoms with Crippen LogP contribution in [0.5, 0.6) is 0 Å². The molecular formula is C29H32N2O6. The predicted octanol–water partition coefficient (Wildman–Crippen LogP) is 3.71. The van der Waals surface area contributed by atoms with Crippen molar-refractivity contribution in [3.05, 3.63) is 71.3 Å². The Kier molecular flexibility index (Phi) is 6.86. The number of likely N-dealkylation sites (tertiary alicyclic amines) is 1. The second kappa shape index (κ2) is 10.1. The number of fused-ring (bicyclic) bond motifs is 1. The number of nitrogens with one attached hydrogen (secondary N) is 1. The average Bonchev–Trinajstić information content (AvgIpc) is 3.39. The van der Waals surface area contributed by atoms with E-state index < -0.39 is 41.3 Å². The number of hydrogen-bond acceptors (Lipinski definition) is 6. The highest BCUT2D eigenvalue weighted by atomic mass is 16.5. The maximum Gasteiger partial charge on any atom is 0.337 e. The summed E-state index contributed by atoms with van der Waals surface area (Å²) in [6.07, 6.45) is 5.36. The minimum atomic E-state index is -1.55. The lowest BCUT2D eigenvalue weighted by molar-refractivity contribution is -0.152. The number of ether oxygens (including phenoxy) is 1. The van der Waals surface area contributed by atoms with Crippen LogP contribution in [0.1, 0.15) is 66.1 Å². The van der Waals surface area contributed by atoms with Gasteiger partial charge < -0.3 is 9.84 Å². The summed E-state index contributed by atoms with van der Waals surface area (Å²) < 4.78 is 4.78. The van der Waals surface area contributed by atoms with E-state index in [0.29, 0.717) is 17.5 Å².